The van der Waals surface area contributed by atoms with Crippen LogP contribution < -0.4 is 10.6 Å². The highest BCUT2D eigenvalue weighted by Crippen LogP contribution is 2.20. The van der Waals surface area contributed by atoms with Gasteiger partial charge in [-0.25, -0.2) is 9.98 Å². The number of aliphatic imine (C=N–C) groups is 1. The standard InChI is InChI=1S/C15H23N5/c1-12-9-13(11-17-15(16)20-7-4-8-20)10-14(18-12)19-5-2-3-6-19/h9-10H,2-8,11H2,1H3,(H2,16,17). The highest BCUT2D eigenvalue weighted by atomic mass is 15.3. The van der Waals surface area contributed by atoms with E-state index >= 15 is 0 Å². The average molecular weight is 273 g/mol. The summed E-state index contributed by atoms with van der Waals surface area (Å²) in [5.74, 6) is 1.77. The molecule has 0 amide bonds. The number of guanidine groups is 1. The minimum absolute atomic E-state index is 0.645. The first-order chi connectivity index (χ1) is 9.72. The average Bonchev–Trinajstić information content (AvgIpc) is 2.87. The van der Waals surface area contributed by atoms with E-state index in [1.54, 1.807) is 0 Å². The Morgan fingerprint density at radius 3 is 2.60 bits per heavy atom. The topological polar surface area (TPSA) is 57.8 Å². The number of hydrogen-bond donors (Lipinski definition) is 1. The molecule has 5 nitrogen and oxygen atoms in total. The first kappa shape index (κ1) is 13.2. The van der Waals surface area contributed by atoms with Crippen molar-refractivity contribution >= 4 is 11.8 Å². The molecule has 0 aliphatic carbocycles. The molecule has 2 aliphatic heterocycles. The summed E-state index contributed by atoms with van der Waals surface area (Å²) < 4.78 is 0. The highest BCUT2D eigenvalue weighted by molar-refractivity contribution is 5.78. The number of hydrogen-bond acceptors (Lipinski definition) is 3. The quantitative estimate of drug-likeness (QED) is 0.670. The molecule has 108 valence electrons. The summed E-state index contributed by atoms with van der Waals surface area (Å²) in [6.45, 7) is 7.02. The molecule has 1 aromatic heterocycles. The van der Waals surface area contributed by atoms with Gasteiger partial charge in [0.2, 0.25) is 0 Å². The lowest BCUT2D eigenvalue weighted by Crippen LogP contribution is -2.46. The van der Waals surface area contributed by atoms with Crippen molar-refractivity contribution in [3.63, 3.8) is 0 Å². The van der Waals surface area contributed by atoms with E-state index in [0.717, 1.165) is 37.7 Å². The first-order valence-corrected chi connectivity index (χ1v) is 7.50. The van der Waals surface area contributed by atoms with E-state index in [4.69, 9.17) is 5.73 Å². The van der Waals surface area contributed by atoms with Crippen LogP contribution in [0.1, 0.15) is 30.5 Å². The monoisotopic (exact) mass is 273 g/mol. The Labute approximate surface area is 120 Å². The normalized spacial score (nSPS) is 19.4. The van der Waals surface area contributed by atoms with Crippen LogP contribution in [0.15, 0.2) is 17.1 Å². The number of pyridine rings is 1. The molecule has 0 saturated carbocycles. The van der Waals surface area contributed by atoms with E-state index in [9.17, 15) is 0 Å². The third-order valence-electron chi connectivity index (χ3n) is 4.03. The maximum absolute atomic E-state index is 5.97. The van der Waals surface area contributed by atoms with E-state index in [0.29, 0.717) is 12.5 Å². The number of nitrogens with two attached hydrogens (primary N) is 1. The smallest absolute Gasteiger partial charge is 0.191 e. The van der Waals surface area contributed by atoms with Gasteiger partial charge >= 0.3 is 0 Å². The van der Waals surface area contributed by atoms with Crippen molar-refractivity contribution in [2.45, 2.75) is 32.7 Å². The zero-order chi connectivity index (χ0) is 13.9. The van der Waals surface area contributed by atoms with Gasteiger partial charge < -0.3 is 15.5 Å². The van der Waals surface area contributed by atoms with Gasteiger partial charge in [0.15, 0.2) is 5.96 Å². The van der Waals surface area contributed by atoms with Gasteiger partial charge in [-0.3, -0.25) is 0 Å². The molecule has 0 unspecified atom stereocenters. The van der Waals surface area contributed by atoms with Crippen LogP contribution in [0.2, 0.25) is 0 Å². The van der Waals surface area contributed by atoms with Gasteiger partial charge in [0.1, 0.15) is 5.82 Å². The molecular weight excluding hydrogens is 250 g/mol. The van der Waals surface area contributed by atoms with E-state index in [1.807, 2.05) is 6.92 Å². The Bertz CT molecular complexity index is 501. The number of nitrogens with zero attached hydrogens (tertiary/aromatic N) is 4. The summed E-state index contributed by atoms with van der Waals surface area (Å²) in [6, 6.07) is 4.26. The van der Waals surface area contributed by atoms with E-state index in [1.165, 1.54) is 24.8 Å². The Hall–Kier alpha value is -1.78. The fourth-order valence-corrected chi connectivity index (χ4v) is 2.74. The molecule has 0 aromatic carbocycles. The number of aryl methyl sites for hydroxylation is 1. The second-order valence-electron chi connectivity index (χ2n) is 5.68. The second kappa shape index (κ2) is 5.69. The van der Waals surface area contributed by atoms with Crippen LogP contribution in [0.5, 0.6) is 0 Å². The lowest BCUT2D eigenvalue weighted by molar-refractivity contribution is 0.295. The Morgan fingerprint density at radius 1 is 1.20 bits per heavy atom. The highest BCUT2D eigenvalue weighted by Gasteiger charge is 2.16. The van der Waals surface area contributed by atoms with E-state index < -0.39 is 0 Å². The predicted octanol–water partition coefficient (Wildman–Crippen LogP) is 1.51. The van der Waals surface area contributed by atoms with Gasteiger partial charge in [-0.15, -0.1) is 0 Å². The van der Waals surface area contributed by atoms with Crippen LogP contribution in [-0.2, 0) is 6.54 Å². The van der Waals surface area contributed by atoms with Crippen molar-refractivity contribution in [2.24, 2.45) is 10.7 Å². The fourth-order valence-electron chi connectivity index (χ4n) is 2.74. The van der Waals surface area contributed by atoms with Crippen molar-refractivity contribution in [3.05, 3.63) is 23.4 Å². The first-order valence-electron chi connectivity index (χ1n) is 7.50. The predicted molar refractivity (Wildman–Crippen MR) is 81.9 cm³/mol. The number of rotatable bonds is 3. The Morgan fingerprint density at radius 2 is 1.95 bits per heavy atom. The molecule has 2 aliphatic rings. The van der Waals surface area contributed by atoms with Gasteiger partial charge in [0.05, 0.1) is 6.54 Å². The SMILES string of the molecule is Cc1cc(CN=C(N)N2CCC2)cc(N2CCCC2)n1. The molecule has 3 heterocycles. The molecule has 0 bridgehead atoms. The third-order valence-corrected chi connectivity index (χ3v) is 4.03. The van der Waals surface area contributed by atoms with E-state index in [-0.39, 0.29) is 0 Å². The van der Waals surface area contributed by atoms with Gasteiger partial charge in [-0.1, -0.05) is 0 Å². The van der Waals surface area contributed by atoms with Crippen LogP contribution in [0.25, 0.3) is 0 Å². The van der Waals surface area contributed by atoms with Gasteiger partial charge in [0, 0.05) is 31.9 Å². The Balaban J connectivity index is 1.72. The zero-order valence-electron chi connectivity index (χ0n) is 12.2. The van der Waals surface area contributed by atoms with Crippen molar-refractivity contribution in [1.29, 1.82) is 0 Å². The molecule has 2 saturated heterocycles. The van der Waals surface area contributed by atoms with Crippen LogP contribution in [0.3, 0.4) is 0 Å². The molecule has 20 heavy (non-hydrogen) atoms. The minimum Gasteiger partial charge on any atom is -0.370 e. The molecule has 3 rings (SSSR count). The van der Waals surface area contributed by atoms with Gasteiger partial charge in [-0.2, -0.15) is 0 Å². The molecule has 2 fully saturated rings. The summed E-state index contributed by atoms with van der Waals surface area (Å²) in [4.78, 5) is 13.6. The number of aromatic nitrogens is 1. The van der Waals surface area contributed by atoms with Crippen molar-refractivity contribution in [1.82, 2.24) is 9.88 Å². The fraction of sp³-hybridized carbons (Fsp3) is 0.600. The molecule has 2 N–H and O–H groups in total. The number of likely N-dealkylation sites (tertiary alicyclic amines) is 1. The van der Waals surface area contributed by atoms with Crippen LogP contribution in [0, 0.1) is 6.92 Å². The third kappa shape index (κ3) is 2.86. The molecule has 0 spiro atoms. The van der Waals surface area contributed by atoms with Gasteiger partial charge in [0.25, 0.3) is 0 Å². The maximum atomic E-state index is 5.97. The van der Waals surface area contributed by atoms with Crippen LogP contribution in [-0.4, -0.2) is 42.0 Å². The van der Waals surface area contributed by atoms with Crippen LogP contribution >= 0.6 is 0 Å². The largest absolute Gasteiger partial charge is 0.370 e. The summed E-state index contributed by atoms with van der Waals surface area (Å²) in [7, 11) is 0. The summed E-state index contributed by atoms with van der Waals surface area (Å²) >= 11 is 0. The Kier molecular flexibility index (Phi) is 3.76. The molecule has 0 radical (unpaired) electrons. The minimum atomic E-state index is 0.645. The molecular formula is C15H23N5. The van der Waals surface area contributed by atoms with Crippen LogP contribution in [0.4, 0.5) is 5.82 Å². The second-order valence-corrected chi connectivity index (χ2v) is 5.68. The zero-order valence-corrected chi connectivity index (χ0v) is 12.2. The molecule has 1 aromatic rings. The van der Waals surface area contributed by atoms with Crippen molar-refractivity contribution in [3.8, 4) is 0 Å². The molecule has 5 heteroatoms. The summed E-state index contributed by atoms with van der Waals surface area (Å²) in [5, 5.41) is 0. The maximum Gasteiger partial charge on any atom is 0.191 e. The molecule has 0 atom stereocenters. The van der Waals surface area contributed by atoms with Crippen molar-refractivity contribution < 1.29 is 0 Å². The number of anilines is 1. The lowest BCUT2D eigenvalue weighted by Gasteiger charge is -2.31. The summed E-state index contributed by atoms with van der Waals surface area (Å²) in [6.07, 6.45) is 3.76. The van der Waals surface area contributed by atoms with Crippen molar-refractivity contribution in [2.75, 3.05) is 31.1 Å². The van der Waals surface area contributed by atoms with Gasteiger partial charge in [-0.05, 0) is 43.9 Å². The van der Waals surface area contributed by atoms with E-state index in [2.05, 4.69) is 31.9 Å². The summed E-state index contributed by atoms with van der Waals surface area (Å²) in [5.41, 5.74) is 8.23. The lowest BCUT2D eigenvalue weighted by atomic mass is 10.2.